The number of benzene rings is 1. The number of hydrogen-bond donors (Lipinski definition) is 0. The van der Waals surface area contributed by atoms with Crippen LogP contribution in [0.2, 0.25) is 0 Å². The van der Waals surface area contributed by atoms with Gasteiger partial charge in [-0.25, -0.2) is 0 Å². The summed E-state index contributed by atoms with van der Waals surface area (Å²) in [7, 11) is 0. The first-order valence-electron chi connectivity index (χ1n) is 6.74. The quantitative estimate of drug-likeness (QED) is 0.599. The van der Waals surface area contributed by atoms with Gasteiger partial charge in [-0.05, 0) is 31.4 Å². The van der Waals surface area contributed by atoms with Crippen LogP contribution in [0.25, 0.3) is 0 Å². The minimum Gasteiger partial charge on any atom is -0.313 e. The Morgan fingerprint density at radius 3 is 1.57 bits per heavy atom. The van der Waals surface area contributed by atoms with Gasteiger partial charge in [-0.1, -0.05) is 72.5 Å². The van der Waals surface area contributed by atoms with E-state index in [4.69, 9.17) is 0 Å². The minimum absolute atomic E-state index is 0. The average molecular weight is 394 g/mol. The summed E-state index contributed by atoms with van der Waals surface area (Å²) >= 11 is 0. The van der Waals surface area contributed by atoms with Gasteiger partial charge in [-0.15, -0.1) is 0 Å². The van der Waals surface area contributed by atoms with Crippen LogP contribution in [-0.4, -0.2) is 4.57 Å². The zero-order valence-corrected chi connectivity index (χ0v) is 15.6. The predicted octanol–water partition coefficient (Wildman–Crippen LogP) is 6.15. The summed E-state index contributed by atoms with van der Waals surface area (Å²) in [5, 5.41) is 0. The van der Waals surface area contributed by atoms with Crippen molar-refractivity contribution < 1.29 is 32.7 Å². The van der Waals surface area contributed by atoms with Crippen molar-refractivity contribution in [2.24, 2.45) is 0 Å². The zero-order valence-electron chi connectivity index (χ0n) is 12.8. The summed E-state index contributed by atoms with van der Waals surface area (Å²) in [4.78, 5) is 11.0. The molecule has 0 atom stereocenters. The number of nitrogens with zero attached hydrogens (tertiary/aromatic N) is 1. The van der Waals surface area contributed by atoms with Gasteiger partial charge in [0.2, 0.25) is 0 Å². The zero-order chi connectivity index (χ0) is 14.3. The summed E-state index contributed by atoms with van der Waals surface area (Å²) in [5.74, 6) is 0.659. The maximum Gasteiger partial charge on any atom is 0.250 e. The van der Waals surface area contributed by atoms with Gasteiger partial charge in [0.1, 0.15) is 0 Å². The van der Waals surface area contributed by atoms with E-state index in [1.165, 1.54) is 5.56 Å². The Morgan fingerprint density at radius 2 is 1.26 bits per heavy atom. The number of rotatable bonds is 2. The van der Waals surface area contributed by atoms with Gasteiger partial charge in [-0.3, -0.25) is 4.79 Å². The molecule has 0 unspecified atom stereocenters. The third-order valence-electron chi connectivity index (χ3n) is 2.87. The van der Waals surface area contributed by atoms with Crippen LogP contribution in [0.4, 0.5) is 0 Å². The minimum atomic E-state index is 0. The fourth-order valence-corrected chi connectivity index (χ4v) is 1.70. The molecule has 23 heavy (non-hydrogen) atoms. The summed E-state index contributed by atoms with van der Waals surface area (Å²) in [5.41, 5.74) is 1.48. The summed E-state index contributed by atoms with van der Waals surface area (Å²) < 4.78 is 1.69. The molecule has 0 amide bonds. The second-order valence-corrected chi connectivity index (χ2v) is 5.11. The molecule has 2 rings (SSSR count). The fraction of sp³-hybridized carbons (Fsp3) is 0.450. The Balaban J connectivity index is -0.000000134. The molecule has 2 nitrogen and oxygen atoms in total. The summed E-state index contributed by atoms with van der Waals surface area (Å²) in [6.45, 7) is 8.38. The van der Waals surface area contributed by atoms with Crippen LogP contribution in [0, 0.1) is 0 Å². The fourth-order valence-electron chi connectivity index (χ4n) is 1.70. The third-order valence-corrected chi connectivity index (χ3v) is 2.87. The molecule has 0 aliphatic carbocycles. The van der Waals surface area contributed by atoms with Gasteiger partial charge >= 0.3 is 0 Å². The van der Waals surface area contributed by atoms with Crippen molar-refractivity contribution in [2.75, 3.05) is 0 Å². The topological polar surface area (TPSA) is 22.0 Å². The average Bonchev–Trinajstić information content (AvgIpc) is 2.40. The molecular weight excluding hydrogens is 359 g/mol. The van der Waals surface area contributed by atoms with E-state index >= 15 is 0 Å². The molecule has 0 saturated heterocycles. The molecule has 0 spiro atoms. The van der Waals surface area contributed by atoms with E-state index in [1.54, 1.807) is 22.9 Å². The van der Waals surface area contributed by atoms with Gasteiger partial charge < -0.3 is 4.57 Å². The third kappa shape index (κ3) is 11.4. The van der Waals surface area contributed by atoms with Gasteiger partial charge in [-0.2, -0.15) is 0 Å². The van der Waals surface area contributed by atoms with E-state index < -0.39 is 0 Å². The van der Waals surface area contributed by atoms with Crippen LogP contribution in [0.15, 0.2) is 59.5 Å². The van der Waals surface area contributed by atoms with Crippen molar-refractivity contribution in [2.45, 2.75) is 61.9 Å². The standard InChI is InChI=1S/C9H12.C8H11NO.3CH4.Y/c1-8(2)9-6-4-3-5-7-9;1-7(2)9-6-4-3-5-8(9)10;;;;/h3-8H,1-2H3;3-7H,1-2H3;3*1H4;. The van der Waals surface area contributed by atoms with Gasteiger partial charge in [0.25, 0.3) is 5.56 Å². The van der Waals surface area contributed by atoms with Crippen LogP contribution in [-0.2, 0) is 32.7 Å². The van der Waals surface area contributed by atoms with Crippen LogP contribution in [0.5, 0.6) is 0 Å². The summed E-state index contributed by atoms with van der Waals surface area (Å²) in [6.07, 6.45) is 1.80. The summed E-state index contributed by atoms with van der Waals surface area (Å²) in [6, 6.07) is 16.0. The molecule has 1 aromatic carbocycles. The molecule has 129 valence electrons. The molecule has 0 saturated carbocycles. The van der Waals surface area contributed by atoms with Crippen molar-refractivity contribution in [3.63, 3.8) is 0 Å². The molecule has 0 N–H and O–H groups in total. The first kappa shape index (κ1) is 30.2. The molecule has 0 aliphatic heterocycles. The number of hydrogen-bond acceptors (Lipinski definition) is 1. The van der Waals surface area contributed by atoms with E-state index in [-0.39, 0.29) is 66.6 Å². The van der Waals surface area contributed by atoms with Crippen molar-refractivity contribution in [3.8, 4) is 0 Å². The Hall–Kier alpha value is -0.726. The molecule has 3 heteroatoms. The SMILES string of the molecule is C.C.C.CC(C)c1ccccc1.CC(C)n1ccccc1=O.[Y]. The van der Waals surface area contributed by atoms with Crippen molar-refractivity contribution in [3.05, 3.63) is 70.6 Å². The molecule has 2 aromatic rings. The number of pyridine rings is 1. The molecule has 0 aliphatic rings. The van der Waals surface area contributed by atoms with E-state index in [1.807, 2.05) is 26.0 Å². The predicted molar refractivity (Wildman–Crippen MR) is 102 cm³/mol. The van der Waals surface area contributed by atoms with Crippen molar-refractivity contribution in [1.82, 2.24) is 4.57 Å². The Kier molecular flexibility index (Phi) is 21.2. The Bertz CT molecular complexity index is 533. The van der Waals surface area contributed by atoms with Crippen LogP contribution >= 0.6 is 0 Å². The normalized spacial score (nSPS) is 8.43. The van der Waals surface area contributed by atoms with E-state index in [0.29, 0.717) is 5.92 Å². The molecular formula is C20H35NOY. The first-order valence-corrected chi connectivity index (χ1v) is 6.74. The maximum absolute atomic E-state index is 11.0. The molecule has 1 radical (unpaired) electrons. The molecule has 1 heterocycles. The molecule has 0 bridgehead atoms. The largest absolute Gasteiger partial charge is 0.313 e. The second kappa shape index (κ2) is 16.1. The van der Waals surface area contributed by atoms with Crippen LogP contribution in [0.3, 0.4) is 0 Å². The maximum atomic E-state index is 11.0. The second-order valence-electron chi connectivity index (χ2n) is 5.11. The smallest absolute Gasteiger partial charge is 0.250 e. The molecule has 0 fully saturated rings. The van der Waals surface area contributed by atoms with E-state index in [2.05, 4.69) is 38.1 Å². The van der Waals surface area contributed by atoms with E-state index in [9.17, 15) is 4.79 Å². The Morgan fingerprint density at radius 1 is 0.783 bits per heavy atom. The first-order chi connectivity index (χ1) is 9.02. The van der Waals surface area contributed by atoms with Gasteiger partial charge in [0, 0.05) is 51.0 Å². The number of aromatic nitrogens is 1. The van der Waals surface area contributed by atoms with Gasteiger partial charge in [0.05, 0.1) is 0 Å². The van der Waals surface area contributed by atoms with Crippen molar-refractivity contribution >= 4 is 0 Å². The van der Waals surface area contributed by atoms with Gasteiger partial charge in [0.15, 0.2) is 0 Å². The van der Waals surface area contributed by atoms with E-state index in [0.717, 1.165) is 0 Å². The Labute approximate surface area is 169 Å². The molecule has 1 aromatic heterocycles. The monoisotopic (exact) mass is 394 g/mol. The van der Waals surface area contributed by atoms with Crippen LogP contribution in [0.1, 0.15) is 67.5 Å². The van der Waals surface area contributed by atoms with Crippen molar-refractivity contribution in [1.29, 1.82) is 0 Å². The van der Waals surface area contributed by atoms with Crippen LogP contribution < -0.4 is 5.56 Å².